The minimum atomic E-state index is -1.09. The number of amides is 1. The van der Waals surface area contributed by atoms with E-state index in [0.717, 1.165) is 0 Å². The summed E-state index contributed by atoms with van der Waals surface area (Å²) in [6.45, 7) is 3.62. The van der Waals surface area contributed by atoms with Crippen molar-refractivity contribution in [1.82, 2.24) is 5.32 Å². The summed E-state index contributed by atoms with van der Waals surface area (Å²) in [5.74, 6) is -2.10. The van der Waals surface area contributed by atoms with Crippen LogP contribution in [0, 0.1) is 11.8 Å². The quantitative estimate of drug-likeness (QED) is 0.716. The molecule has 0 bridgehead atoms. The maximum atomic E-state index is 12.2. The van der Waals surface area contributed by atoms with Gasteiger partial charge >= 0.3 is 29.6 Å². The topological polar surface area (TPSA) is 69.2 Å². The molecule has 1 aliphatic rings. The molecule has 1 aromatic carbocycles. The minimum absolute atomic E-state index is 0. The van der Waals surface area contributed by atoms with Crippen molar-refractivity contribution >= 4 is 35.1 Å². The fourth-order valence-corrected chi connectivity index (χ4v) is 3.46. The second-order valence-electron chi connectivity index (χ2n) is 5.90. The summed E-state index contributed by atoms with van der Waals surface area (Å²) in [5.41, 5.74) is -0.0866. The molecule has 0 atom stereocenters. The molecular formula is C15H16Cl2NNaO3. The third-order valence-electron chi connectivity index (χ3n) is 3.87. The van der Waals surface area contributed by atoms with Crippen LogP contribution in [-0.2, 0) is 15.1 Å². The number of carboxylic acid groups (broad SMARTS) is 1. The molecule has 0 aromatic heterocycles. The van der Waals surface area contributed by atoms with Gasteiger partial charge in [0.2, 0.25) is 5.91 Å². The molecule has 1 N–H and O–H groups in total. The van der Waals surface area contributed by atoms with Crippen LogP contribution in [0.1, 0.15) is 32.3 Å². The predicted octanol–water partition coefficient (Wildman–Crippen LogP) is -0.875. The van der Waals surface area contributed by atoms with E-state index >= 15 is 0 Å². The number of carbonyl (C=O) groups excluding carboxylic acids is 2. The Morgan fingerprint density at radius 2 is 1.68 bits per heavy atom. The molecule has 1 amide bonds. The fraction of sp³-hybridized carbons (Fsp3) is 0.467. The van der Waals surface area contributed by atoms with Crippen molar-refractivity contribution in [2.24, 2.45) is 11.8 Å². The van der Waals surface area contributed by atoms with Gasteiger partial charge in [-0.05, 0) is 38.8 Å². The zero-order chi connectivity index (χ0) is 15.8. The molecule has 1 saturated carbocycles. The zero-order valence-corrected chi connectivity index (χ0v) is 16.3. The molecule has 22 heavy (non-hydrogen) atoms. The van der Waals surface area contributed by atoms with Gasteiger partial charge in [0.15, 0.2) is 0 Å². The monoisotopic (exact) mass is 351 g/mol. The Balaban J connectivity index is 0.00000242. The van der Waals surface area contributed by atoms with E-state index in [-0.39, 0.29) is 41.4 Å². The van der Waals surface area contributed by atoms with E-state index in [2.05, 4.69) is 5.32 Å². The molecule has 0 unspecified atom stereocenters. The summed E-state index contributed by atoms with van der Waals surface area (Å²) >= 11 is 12.3. The van der Waals surface area contributed by atoms with Gasteiger partial charge in [-0.15, -0.1) is 0 Å². The molecule has 1 fully saturated rings. The Kier molecular flexibility index (Phi) is 6.78. The van der Waals surface area contributed by atoms with Crippen LogP contribution in [-0.4, -0.2) is 11.9 Å². The molecule has 1 aromatic rings. The summed E-state index contributed by atoms with van der Waals surface area (Å²) in [4.78, 5) is 22.9. The maximum Gasteiger partial charge on any atom is 1.00 e. The SMILES string of the molecule is CC(C)(NC(=O)C1CC(C(=O)[O-])C1)c1c(Cl)cccc1Cl.[Na+]. The van der Waals surface area contributed by atoms with Gasteiger partial charge in [-0.2, -0.15) is 0 Å². The van der Waals surface area contributed by atoms with Crippen LogP contribution in [0.4, 0.5) is 0 Å². The minimum Gasteiger partial charge on any atom is -0.550 e. The van der Waals surface area contributed by atoms with Gasteiger partial charge in [-0.1, -0.05) is 29.3 Å². The van der Waals surface area contributed by atoms with E-state index in [4.69, 9.17) is 23.2 Å². The molecule has 0 spiro atoms. The van der Waals surface area contributed by atoms with E-state index in [0.29, 0.717) is 28.5 Å². The Bertz CT molecular complexity index is 566. The third kappa shape index (κ3) is 4.18. The first-order chi connectivity index (χ1) is 9.72. The van der Waals surface area contributed by atoms with Crippen LogP contribution in [0.25, 0.3) is 0 Å². The third-order valence-corrected chi connectivity index (χ3v) is 4.50. The average molecular weight is 352 g/mol. The summed E-state index contributed by atoms with van der Waals surface area (Å²) in [6, 6.07) is 5.17. The van der Waals surface area contributed by atoms with Crippen molar-refractivity contribution in [3.05, 3.63) is 33.8 Å². The first-order valence-corrected chi connectivity index (χ1v) is 7.45. The molecule has 0 aliphatic heterocycles. The van der Waals surface area contributed by atoms with Crippen LogP contribution in [0.5, 0.6) is 0 Å². The van der Waals surface area contributed by atoms with Crippen molar-refractivity contribution < 1.29 is 44.3 Å². The number of aliphatic carboxylic acids is 1. The zero-order valence-electron chi connectivity index (χ0n) is 12.8. The van der Waals surface area contributed by atoms with Gasteiger partial charge in [0.25, 0.3) is 0 Å². The molecule has 114 valence electrons. The number of carboxylic acids is 1. The van der Waals surface area contributed by atoms with Crippen molar-refractivity contribution in [2.45, 2.75) is 32.2 Å². The standard InChI is InChI=1S/C15H17Cl2NO3.Na/c1-15(2,12-10(16)4-3-5-11(12)17)18-13(19)8-6-9(7-8)14(20)21;/h3-5,8-9H,6-7H2,1-2H3,(H,18,19)(H,20,21);/q;+1/p-1. The second-order valence-corrected chi connectivity index (χ2v) is 6.71. The summed E-state index contributed by atoms with van der Waals surface area (Å²) < 4.78 is 0. The molecule has 4 nitrogen and oxygen atoms in total. The number of benzene rings is 1. The van der Waals surface area contributed by atoms with E-state index in [9.17, 15) is 14.7 Å². The number of hydrogen-bond acceptors (Lipinski definition) is 3. The van der Waals surface area contributed by atoms with Crippen LogP contribution < -0.4 is 40.0 Å². The van der Waals surface area contributed by atoms with Gasteiger partial charge in [0.05, 0.1) is 5.54 Å². The average Bonchev–Trinajstić information content (AvgIpc) is 2.24. The molecule has 0 saturated heterocycles. The molecule has 1 aliphatic carbocycles. The maximum absolute atomic E-state index is 12.2. The molecular weight excluding hydrogens is 336 g/mol. The summed E-state index contributed by atoms with van der Waals surface area (Å²) in [6.07, 6.45) is 0.640. The first-order valence-electron chi connectivity index (χ1n) is 6.69. The largest absolute Gasteiger partial charge is 1.00 e. The van der Waals surface area contributed by atoms with E-state index in [1.807, 2.05) is 13.8 Å². The van der Waals surface area contributed by atoms with Gasteiger partial charge in [0, 0.05) is 33.4 Å². The van der Waals surface area contributed by atoms with Gasteiger partial charge in [0.1, 0.15) is 0 Å². The Morgan fingerprint density at radius 1 is 1.18 bits per heavy atom. The van der Waals surface area contributed by atoms with E-state index in [1.165, 1.54) is 0 Å². The molecule has 0 heterocycles. The van der Waals surface area contributed by atoms with E-state index < -0.39 is 17.4 Å². The van der Waals surface area contributed by atoms with Gasteiger partial charge in [-0.25, -0.2) is 0 Å². The Labute approximate surface area is 161 Å². The smallest absolute Gasteiger partial charge is 0.550 e. The molecule has 7 heteroatoms. The van der Waals surface area contributed by atoms with Gasteiger partial charge in [-0.3, -0.25) is 4.79 Å². The van der Waals surface area contributed by atoms with Crippen LogP contribution in [0.15, 0.2) is 18.2 Å². The first kappa shape index (κ1) is 19.8. The number of rotatable bonds is 4. The second kappa shape index (κ2) is 7.54. The summed E-state index contributed by atoms with van der Waals surface area (Å²) in [7, 11) is 0. The van der Waals surface area contributed by atoms with Crippen molar-refractivity contribution in [2.75, 3.05) is 0 Å². The van der Waals surface area contributed by atoms with Crippen LogP contribution in [0.3, 0.4) is 0 Å². The molecule has 0 radical (unpaired) electrons. The van der Waals surface area contributed by atoms with Crippen molar-refractivity contribution in [3.63, 3.8) is 0 Å². The number of nitrogens with one attached hydrogen (secondary N) is 1. The van der Waals surface area contributed by atoms with Crippen molar-refractivity contribution in [3.8, 4) is 0 Å². The molecule has 2 rings (SSSR count). The fourth-order valence-electron chi connectivity index (χ4n) is 2.59. The van der Waals surface area contributed by atoms with Crippen LogP contribution >= 0.6 is 23.2 Å². The summed E-state index contributed by atoms with van der Waals surface area (Å²) in [5, 5.41) is 14.5. The number of carbonyl (C=O) groups is 2. The van der Waals surface area contributed by atoms with E-state index in [1.54, 1.807) is 18.2 Å². The van der Waals surface area contributed by atoms with Crippen molar-refractivity contribution in [1.29, 1.82) is 0 Å². The number of halogens is 2. The van der Waals surface area contributed by atoms with Gasteiger partial charge < -0.3 is 15.2 Å². The predicted molar refractivity (Wildman–Crippen MR) is 78.9 cm³/mol. The number of hydrogen-bond donors (Lipinski definition) is 1. The normalized spacial score (nSPS) is 20.5. The van der Waals surface area contributed by atoms with Crippen LogP contribution in [0.2, 0.25) is 10.0 Å². The Morgan fingerprint density at radius 3 is 2.14 bits per heavy atom. The Hall–Kier alpha value is -0.260.